The predicted molar refractivity (Wildman–Crippen MR) is 78.0 cm³/mol. The van der Waals surface area contributed by atoms with Crippen LogP contribution in [0.5, 0.6) is 0 Å². The minimum absolute atomic E-state index is 0.902. The van der Waals surface area contributed by atoms with Gasteiger partial charge >= 0.3 is 0 Å². The first kappa shape index (κ1) is 14.3. The molecule has 0 aliphatic heterocycles. The second kappa shape index (κ2) is 7.56. The van der Waals surface area contributed by atoms with E-state index in [2.05, 4.69) is 47.6 Å². The molecule has 96 valence electrons. The van der Waals surface area contributed by atoms with Crippen LogP contribution in [-0.4, -0.2) is 37.6 Å². The van der Waals surface area contributed by atoms with Crippen LogP contribution in [0.4, 0.5) is 5.82 Å². The van der Waals surface area contributed by atoms with Gasteiger partial charge in [-0.1, -0.05) is 6.92 Å². The van der Waals surface area contributed by atoms with Crippen molar-refractivity contribution < 1.29 is 0 Å². The van der Waals surface area contributed by atoms with E-state index in [0.29, 0.717) is 0 Å². The molecule has 1 aromatic rings. The van der Waals surface area contributed by atoms with Gasteiger partial charge in [-0.05, 0) is 37.4 Å². The molecule has 17 heavy (non-hydrogen) atoms. The molecule has 4 heteroatoms. The van der Waals surface area contributed by atoms with Gasteiger partial charge in [0.05, 0.1) is 0 Å². The maximum atomic E-state index is 4.68. The summed E-state index contributed by atoms with van der Waals surface area (Å²) in [5, 5.41) is 3.19. The highest BCUT2D eigenvalue weighted by atomic mass is 32.2. The van der Waals surface area contributed by atoms with E-state index in [1.54, 1.807) is 0 Å². The molecule has 1 N–H and O–H groups in total. The molecular weight excluding hydrogens is 230 g/mol. The van der Waals surface area contributed by atoms with Gasteiger partial charge in [-0.25, -0.2) is 4.98 Å². The zero-order chi connectivity index (χ0) is 12.7. The lowest BCUT2D eigenvalue weighted by Gasteiger charge is -2.19. The van der Waals surface area contributed by atoms with E-state index in [1.807, 2.05) is 18.8 Å². The van der Waals surface area contributed by atoms with Crippen molar-refractivity contribution in [1.82, 2.24) is 10.3 Å². The summed E-state index contributed by atoms with van der Waals surface area (Å²) in [7, 11) is 4.09. The summed E-state index contributed by atoms with van der Waals surface area (Å²) in [6.45, 7) is 4.09. The van der Waals surface area contributed by atoms with Crippen LogP contribution in [-0.2, 0) is 13.0 Å². The number of hydrogen-bond donors (Lipinski definition) is 1. The summed E-state index contributed by atoms with van der Waals surface area (Å²) in [6, 6.07) is 4.36. The normalized spacial score (nSPS) is 10.6. The molecule has 0 aromatic carbocycles. The Bertz CT molecular complexity index is 341. The molecule has 0 atom stereocenters. The van der Waals surface area contributed by atoms with Crippen molar-refractivity contribution >= 4 is 17.6 Å². The summed E-state index contributed by atoms with van der Waals surface area (Å²) in [4.78, 5) is 6.91. The van der Waals surface area contributed by atoms with Crippen molar-refractivity contribution in [3.8, 4) is 0 Å². The van der Waals surface area contributed by atoms with Crippen LogP contribution in [0, 0.1) is 0 Å². The van der Waals surface area contributed by atoms with Gasteiger partial charge in [0.2, 0.25) is 0 Å². The van der Waals surface area contributed by atoms with E-state index in [1.165, 1.54) is 11.3 Å². The molecule has 0 bridgehead atoms. The maximum absolute atomic E-state index is 4.68. The van der Waals surface area contributed by atoms with Crippen molar-refractivity contribution in [3.05, 3.63) is 23.4 Å². The zero-order valence-corrected chi connectivity index (χ0v) is 12.1. The second-order valence-corrected chi connectivity index (χ2v) is 5.11. The van der Waals surface area contributed by atoms with Gasteiger partial charge in [0.1, 0.15) is 5.82 Å². The minimum Gasteiger partial charge on any atom is -0.359 e. The van der Waals surface area contributed by atoms with Crippen LogP contribution in [0.3, 0.4) is 0 Å². The molecule has 0 fully saturated rings. The molecule has 0 unspecified atom stereocenters. The third-order valence-corrected chi connectivity index (χ3v) is 3.28. The van der Waals surface area contributed by atoms with Crippen LogP contribution < -0.4 is 10.2 Å². The fourth-order valence-electron chi connectivity index (χ4n) is 1.66. The first-order valence-corrected chi connectivity index (χ1v) is 7.45. The fourth-order valence-corrected chi connectivity index (χ4v) is 2.12. The van der Waals surface area contributed by atoms with Crippen LogP contribution in [0.1, 0.15) is 18.2 Å². The number of rotatable bonds is 7. The van der Waals surface area contributed by atoms with Gasteiger partial charge in [-0.3, -0.25) is 0 Å². The highest BCUT2D eigenvalue weighted by Gasteiger charge is 2.05. The predicted octanol–water partition coefficient (Wildman–Crippen LogP) is 2.16. The smallest absolute Gasteiger partial charge is 0.128 e. The van der Waals surface area contributed by atoms with E-state index in [0.717, 1.165) is 31.1 Å². The number of nitrogens with one attached hydrogen (secondary N) is 1. The number of nitrogens with zero attached hydrogens (tertiary/aromatic N) is 2. The van der Waals surface area contributed by atoms with Crippen LogP contribution in [0.15, 0.2) is 12.1 Å². The van der Waals surface area contributed by atoms with E-state index in [-0.39, 0.29) is 0 Å². The molecule has 0 radical (unpaired) electrons. The fraction of sp³-hybridized carbons (Fsp3) is 0.615. The zero-order valence-electron chi connectivity index (χ0n) is 11.3. The molecule has 0 amide bonds. The first-order valence-electron chi connectivity index (χ1n) is 6.05. The third kappa shape index (κ3) is 4.56. The van der Waals surface area contributed by atoms with Crippen molar-refractivity contribution in [3.63, 3.8) is 0 Å². The van der Waals surface area contributed by atoms with E-state index < -0.39 is 0 Å². The second-order valence-electron chi connectivity index (χ2n) is 4.12. The Labute approximate surface area is 109 Å². The summed E-state index contributed by atoms with van der Waals surface area (Å²) in [5.74, 6) is 2.22. The molecule has 1 rings (SSSR count). The van der Waals surface area contributed by atoms with E-state index in [4.69, 9.17) is 0 Å². The van der Waals surface area contributed by atoms with E-state index >= 15 is 0 Å². The lowest BCUT2D eigenvalue weighted by molar-refractivity contribution is 0.808. The van der Waals surface area contributed by atoms with Gasteiger partial charge in [0, 0.05) is 31.6 Å². The molecule has 0 saturated carbocycles. The monoisotopic (exact) mass is 253 g/mol. The maximum Gasteiger partial charge on any atom is 0.128 e. The molecule has 1 heterocycles. The molecule has 0 aliphatic rings. The quantitative estimate of drug-likeness (QED) is 0.806. The van der Waals surface area contributed by atoms with Gasteiger partial charge in [-0.2, -0.15) is 11.8 Å². The van der Waals surface area contributed by atoms with Crippen molar-refractivity contribution in [1.29, 1.82) is 0 Å². The average molecular weight is 253 g/mol. The summed E-state index contributed by atoms with van der Waals surface area (Å²) in [5.41, 5.74) is 2.48. The topological polar surface area (TPSA) is 28.2 Å². The van der Waals surface area contributed by atoms with Crippen molar-refractivity contribution in [2.24, 2.45) is 0 Å². The average Bonchev–Trinajstić information content (AvgIpc) is 2.35. The molecule has 0 spiro atoms. The van der Waals surface area contributed by atoms with Gasteiger partial charge in [0.25, 0.3) is 0 Å². The van der Waals surface area contributed by atoms with Gasteiger partial charge in [-0.15, -0.1) is 0 Å². The third-order valence-electron chi connectivity index (χ3n) is 2.69. The Morgan fingerprint density at radius 1 is 1.41 bits per heavy atom. The number of hydrogen-bond acceptors (Lipinski definition) is 4. The molecular formula is C13H23N3S. The van der Waals surface area contributed by atoms with Crippen molar-refractivity contribution in [2.45, 2.75) is 19.9 Å². The number of pyridine rings is 1. The number of thioether (sulfide) groups is 1. The van der Waals surface area contributed by atoms with Crippen LogP contribution >= 0.6 is 11.8 Å². The summed E-state index contributed by atoms with van der Waals surface area (Å²) in [6.07, 6.45) is 3.12. The number of aromatic nitrogens is 1. The Hall–Kier alpha value is -0.740. The number of aryl methyl sites for hydroxylation is 1. The largest absolute Gasteiger partial charge is 0.359 e. The molecule has 0 saturated heterocycles. The van der Waals surface area contributed by atoms with Crippen LogP contribution in [0.2, 0.25) is 0 Å². The first-order chi connectivity index (χ1) is 8.21. The Balaban J connectivity index is 2.85. The highest BCUT2D eigenvalue weighted by Crippen LogP contribution is 2.15. The summed E-state index contributed by atoms with van der Waals surface area (Å²) >= 11 is 1.87. The van der Waals surface area contributed by atoms with Crippen molar-refractivity contribution in [2.75, 3.05) is 37.5 Å². The van der Waals surface area contributed by atoms with Gasteiger partial charge < -0.3 is 10.2 Å². The highest BCUT2D eigenvalue weighted by molar-refractivity contribution is 7.98. The van der Waals surface area contributed by atoms with E-state index in [9.17, 15) is 0 Å². The molecule has 0 aliphatic carbocycles. The Kier molecular flexibility index (Phi) is 6.37. The standard InChI is InChI=1S/C13H23N3S/c1-5-12-8-11(10-14-2)9-13(15-12)16(3)6-7-17-4/h8-9,14H,5-7,10H2,1-4H3. The Morgan fingerprint density at radius 2 is 2.18 bits per heavy atom. The number of anilines is 1. The Morgan fingerprint density at radius 3 is 2.76 bits per heavy atom. The SMILES string of the molecule is CCc1cc(CNC)cc(N(C)CCSC)n1. The lowest BCUT2D eigenvalue weighted by Crippen LogP contribution is -2.22. The van der Waals surface area contributed by atoms with Crippen LogP contribution in [0.25, 0.3) is 0 Å². The molecule has 1 aromatic heterocycles. The minimum atomic E-state index is 0.902. The molecule has 3 nitrogen and oxygen atoms in total. The summed E-state index contributed by atoms with van der Waals surface area (Å²) < 4.78 is 0. The van der Waals surface area contributed by atoms with Gasteiger partial charge in [0.15, 0.2) is 0 Å². The lowest BCUT2D eigenvalue weighted by atomic mass is 10.2.